The number of ether oxygens (including phenoxy) is 1. The van der Waals surface area contributed by atoms with Gasteiger partial charge in [0.15, 0.2) is 0 Å². The number of hydrogen-bond acceptors (Lipinski definition) is 4. The molecule has 0 aromatic carbocycles. The molecule has 0 aliphatic heterocycles. The number of methoxy groups -OCH3 is 1. The van der Waals surface area contributed by atoms with Gasteiger partial charge in [-0.05, 0) is 24.8 Å². The van der Waals surface area contributed by atoms with Crippen LogP contribution in [0.15, 0.2) is 5.38 Å². The van der Waals surface area contributed by atoms with Crippen molar-refractivity contribution in [3.8, 4) is 0 Å². The van der Waals surface area contributed by atoms with Crippen LogP contribution in [0.1, 0.15) is 22.2 Å². The summed E-state index contributed by atoms with van der Waals surface area (Å²) in [5.74, 6) is -0.433. The van der Waals surface area contributed by atoms with Crippen molar-refractivity contribution >= 4 is 29.0 Å². The summed E-state index contributed by atoms with van der Waals surface area (Å²) >= 11 is 1.26. The van der Waals surface area contributed by atoms with Gasteiger partial charge in [0.05, 0.1) is 12.8 Å². The van der Waals surface area contributed by atoms with Crippen molar-refractivity contribution < 1.29 is 14.3 Å². The molecule has 2 amide bonds. The quantitative estimate of drug-likeness (QED) is 0.844. The van der Waals surface area contributed by atoms with E-state index in [-0.39, 0.29) is 6.03 Å². The molecular formula is C11H16N2O3S. The number of rotatable bonds is 3. The third-order valence-corrected chi connectivity index (χ3v) is 3.48. The van der Waals surface area contributed by atoms with E-state index < -0.39 is 5.97 Å². The molecule has 0 radical (unpaired) electrons. The summed E-state index contributed by atoms with van der Waals surface area (Å²) in [6.45, 7) is 4.31. The number of urea groups is 1. The number of carbonyl (C=O) groups excluding carboxylic acids is 2. The molecule has 0 saturated carbocycles. The van der Waals surface area contributed by atoms with Gasteiger partial charge in [-0.25, -0.2) is 9.59 Å². The van der Waals surface area contributed by atoms with Crippen LogP contribution in [-0.4, -0.2) is 37.6 Å². The highest BCUT2D eigenvalue weighted by atomic mass is 32.1. The second-order valence-corrected chi connectivity index (χ2v) is 4.44. The third-order valence-electron chi connectivity index (χ3n) is 2.40. The smallest absolute Gasteiger partial charge is 0.350 e. The Morgan fingerprint density at radius 3 is 2.71 bits per heavy atom. The van der Waals surface area contributed by atoms with Crippen LogP contribution in [-0.2, 0) is 4.74 Å². The molecule has 0 fully saturated rings. The summed E-state index contributed by atoms with van der Waals surface area (Å²) in [4.78, 5) is 25.2. The summed E-state index contributed by atoms with van der Waals surface area (Å²) in [6, 6.07) is -0.237. The van der Waals surface area contributed by atoms with Gasteiger partial charge in [-0.2, -0.15) is 0 Å². The highest BCUT2D eigenvalue weighted by molar-refractivity contribution is 7.12. The average molecular weight is 256 g/mol. The molecule has 6 heteroatoms. The Hall–Kier alpha value is -1.56. The van der Waals surface area contributed by atoms with Crippen molar-refractivity contribution in [1.29, 1.82) is 0 Å². The van der Waals surface area contributed by atoms with Crippen LogP contribution in [0.2, 0.25) is 0 Å². The lowest BCUT2D eigenvalue weighted by Gasteiger charge is -2.16. The van der Waals surface area contributed by atoms with Crippen molar-refractivity contribution in [3.63, 3.8) is 0 Å². The van der Waals surface area contributed by atoms with Crippen LogP contribution in [0.25, 0.3) is 0 Å². The average Bonchev–Trinajstić information content (AvgIpc) is 2.69. The van der Waals surface area contributed by atoms with E-state index in [1.54, 1.807) is 7.05 Å². The van der Waals surface area contributed by atoms with Gasteiger partial charge in [-0.1, -0.05) is 0 Å². The Morgan fingerprint density at radius 2 is 2.18 bits per heavy atom. The molecular weight excluding hydrogens is 240 g/mol. The number of carbonyl (C=O) groups is 2. The molecule has 0 atom stereocenters. The van der Waals surface area contributed by atoms with E-state index in [4.69, 9.17) is 0 Å². The summed E-state index contributed by atoms with van der Waals surface area (Å²) in [5.41, 5.74) is 1.39. The van der Waals surface area contributed by atoms with Crippen LogP contribution in [0.4, 0.5) is 10.5 Å². The number of hydrogen-bond donors (Lipinski definition) is 1. The Kier molecular flexibility index (Phi) is 4.51. The summed E-state index contributed by atoms with van der Waals surface area (Å²) in [5, 5.41) is 4.53. The number of amides is 2. The van der Waals surface area contributed by atoms with Gasteiger partial charge in [0.1, 0.15) is 4.88 Å². The second kappa shape index (κ2) is 5.67. The summed E-state index contributed by atoms with van der Waals surface area (Å²) in [6.07, 6.45) is 0. The Bertz CT molecular complexity index is 428. The monoisotopic (exact) mass is 256 g/mol. The molecule has 1 heterocycles. The zero-order chi connectivity index (χ0) is 13.0. The molecule has 17 heavy (non-hydrogen) atoms. The Balaban J connectivity index is 2.94. The topological polar surface area (TPSA) is 58.6 Å². The molecule has 0 aliphatic carbocycles. The van der Waals surface area contributed by atoms with E-state index in [2.05, 4.69) is 10.1 Å². The number of anilines is 1. The lowest BCUT2D eigenvalue weighted by Crippen LogP contribution is -2.31. The van der Waals surface area contributed by atoms with Gasteiger partial charge in [-0.3, -0.25) is 0 Å². The Labute approximate surface area is 104 Å². The number of esters is 1. The first-order valence-electron chi connectivity index (χ1n) is 5.19. The maximum absolute atomic E-state index is 11.7. The maximum Gasteiger partial charge on any atom is 0.350 e. The molecule has 1 N–H and O–H groups in total. The highest BCUT2D eigenvalue weighted by Gasteiger charge is 2.19. The van der Waals surface area contributed by atoms with Crippen LogP contribution in [0.5, 0.6) is 0 Å². The van der Waals surface area contributed by atoms with Crippen LogP contribution in [0, 0.1) is 6.92 Å². The zero-order valence-electron chi connectivity index (χ0n) is 10.4. The van der Waals surface area contributed by atoms with Gasteiger partial charge in [0.25, 0.3) is 0 Å². The molecule has 1 aromatic heterocycles. The first kappa shape index (κ1) is 13.5. The molecule has 0 saturated heterocycles. The highest BCUT2D eigenvalue weighted by Crippen LogP contribution is 2.28. The molecule has 1 aromatic rings. The summed E-state index contributed by atoms with van der Waals surface area (Å²) < 4.78 is 4.67. The Morgan fingerprint density at radius 1 is 1.53 bits per heavy atom. The summed E-state index contributed by atoms with van der Waals surface area (Å²) in [7, 11) is 3.01. The SMILES string of the molecule is CCN(C)C(=O)Nc1c(C)csc1C(=O)OC. The van der Waals surface area contributed by atoms with E-state index in [0.717, 1.165) is 5.56 Å². The second-order valence-electron chi connectivity index (χ2n) is 3.56. The van der Waals surface area contributed by atoms with Gasteiger partial charge < -0.3 is 15.0 Å². The van der Waals surface area contributed by atoms with Crippen molar-refractivity contribution in [3.05, 3.63) is 15.8 Å². The molecule has 1 rings (SSSR count). The van der Waals surface area contributed by atoms with E-state index in [9.17, 15) is 9.59 Å². The molecule has 0 spiro atoms. The molecule has 0 aliphatic rings. The van der Waals surface area contributed by atoms with Gasteiger partial charge in [0.2, 0.25) is 0 Å². The number of nitrogens with one attached hydrogen (secondary N) is 1. The minimum atomic E-state index is -0.433. The number of thiophene rings is 1. The van der Waals surface area contributed by atoms with Crippen molar-refractivity contribution in [1.82, 2.24) is 4.90 Å². The maximum atomic E-state index is 11.7. The zero-order valence-corrected chi connectivity index (χ0v) is 11.2. The minimum absolute atomic E-state index is 0.237. The van der Waals surface area contributed by atoms with E-state index in [1.807, 2.05) is 19.2 Å². The first-order chi connectivity index (χ1) is 8.01. The van der Waals surface area contributed by atoms with E-state index in [1.165, 1.54) is 23.3 Å². The molecule has 0 bridgehead atoms. The molecule has 5 nitrogen and oxygen atoms in total. The first-order valence-corrected chi connectivity index (χ1v) is 6.07. The molecule has 0 unspecified atom stereocenters. The van der Waals surface area contributed by atoms with Crippen LogP contribution < -0.4 is 5.32 Å². The molecule has 94 valence electrons. The predicted octanol–water partition coefficient (Wildman–Crippen LogP) is 2.33. The van der Waals surface area contributed by atoms with Crippen LogP contribution >= 0.6 is 11.3 Å². The van der Waals surface area contributed by atoms with E-state index in [0.29, 0.717) is 17.1 Å². The lowest BCUT2D eigenvalue weighted by atomic mass is 10.2. The van der Waals surface area contributed by atoms with Crippen molar-refractivity contribution in [2.45, 2.75) is 13.8 Å². The fourth-order valence-corrected chi connectivity index (χ4v) is 2.11. The fourth-order valence-electron chi connectivity index (χ4n) is 1.19. The standard InChI is InChI=1S/C11H16N2O3S/c1-5-13(3)11(15)12-8-7(2)6-17-9(8)10(14)16-4/h6H,5H2,1-4H3,(H,12,15). The minimum Gasteiger partial charge on any atom is -0.465 e. The van der Waals surface area contributed by atoms with Crippen LogP contribution in [0.3, 0.4) is 0 Å². The van der Waals surface area contributed by atoms with Crippen molar-refractivity contribution in [2.75, 3.05) is 26.0 Å². The van der Waals surface area contributed by atoms with E-state index >= 15 is 0 Å². The largest absolute Gasteiger partial charge is 0.465 e. The predicted molar refractivity (Wildman–Crippen MR) is 67.7 cm³/mol. The van der Waals surface area contributed by atoms with Gasteiger partial charge in [-0.15, -0.1) is 11.3 Å². The van der Waals surface area contributed by atoms with Gasteiger partial charge >= 0.3 is 12.0 Å². The lowest BCUT2D eigenvalue weighted by molar-refractivity contribution is 0.0607. The van der Waals surface area contributed by atoms with Gasteiger partial charge in [0, 0.05) is 13.6 Å². The fraction of sp³-hybridized carbons (Fsp3) is 0.455. The van der Waals surface area contributed by atoms with Crippen molar-refractivity contribution in [2.24, 2.45) is 0 Å². The number of nitrogens with zero attached hydrogens (tertiary/aromatic N) is 1. The normalized spacial score (nSPS) is 9.88. The number of aryl methyl sites for hydroxylation is 1. The third kappa shape index (κ3) is 2.97.